The van der Waals surface area contributed by atoms with Crippen LogP contribution in [0.1, 0.15) is 19.8 Å². The Labute approximate surface area is 100 Å². The number of anilines is 2. The van der Waals surface area contributed by atoms with Crippen molar-refractivity contribution in [1.29, 1.82) is 0 Å². The predicted octanol–water partition coefficient (Wildman–Crippen LogP) is 2.13. The van der Waals surface area contributed by atoms with Crippen molar-refractivity contribution in [1.82, 2.24) is 9.97 Å². The second-order valence-corrected chi connectivity index (χ2v) is 3.84. The van der Waals surface area contributed by atoms with Crippen molar-refractivity contribution in [3.63, 3.8) is 0 Å². The van der Waals surface area contributed by atoms with E-state index in [0.717, 1.165) is 36.1 Å². The van der Waals surface area contributed by atoms with Gasteiger partial charge in [-0.15, -0.1) is 0 Å². The van der Waals surface area contributed by atoms with Crippen molar-refractivity contribution in [3.8, 4) is 0 Å². The highest BCUT2D eigenvalue weighted by Crippen LogP contribution is 2.21. The van der Waals surface area contributed by atoms with Gasteiger partial charge in [-0.3, -0.25) is 5.43 Å². The summed E-state index contributed by atoms with van der Waals surface area (Å²) in [6.45, 7) is 3.06. The minimum absolute atomic E-state index is 0.433. The van der Waals surface area contributed by atoms with Gasteiger partial charge >= 0.3 is 0 Å². The quantitative estimate of drug-likeness (QED) is 0.417. The third kappa shape index (κ3) is 2.62. The highest BCUT2D eigenvalue weighted by Gasteiger charge is 2.05. The molecule has 0 aliphatic rings. The molecule has 0 radical (unpaired) electrons. The summed E-state index contributed by atoms with van der Waals surface area (Å²) in [6.07, 6.45) is 2.27. The van der Waals surface area contributed by atoms with E-state index in [0.29, 0.717) is 5.95 Å². The van der Waals surface area contributed by atoms with Crippen LogP contribution >= 0.6 is 0 Å². The molecule has 1 heterocycles. The van der Waals surface area contributed by atoms with Crippen LogP contribution in [0.3, 0.4) is 0 Å². The van der Waals surface area contributed by atoms with Gasteiger partial charge in [0, 0.05) is 11.9 Å². The van der Waals surface area contributed by atoms with Gasteiger partial charge in [0.25, 0.3) is 0 Å². The molecule has 0 aliphatic carbocycles. The maximum atomic E-state index is 5.36. The molecule has 0 atom stereocenters. The summed E-state index contributed by atoms with van der Waals surface area (Å²) in [5, 5.41) is 4.33. The number of benzene rings is 1. The second kappa shape index (κ2) is 5.45. The Morgan fingerprint density at radius 2 is 2.06 bits per heavy atom. The highest BCUT2D eigenvalue weighted by atomic mass is 15.3. The van der Waals surface area contributed by atoms with E-state index in [2.05, 4.69) is 27.6 Å². The molecule has 0 saturated heterocycles. The number of hydrogen-bond acceptors (Lipinski definition) is 5. The Morgan fingerprint density at radius 1 is 1.24 bits per heavy atom. The summed E-state index contributed by atoms with van der Waals surface area (Å²) in [5.74, 6) is 6.63. The van der Waals surface area contributed by atoms with Crippen LogP contribution in [-0.2, 0) is 0 Å². The number of unbranched alkanes of at least 4 members (excludes halogenated alkanes) is 1. The van der Waals surface area contributed by atoms with Crippen LogP contribution in [0.25, 0.3) is 10.9 Å². The second-order valence-electron chi connectivity index (χ2n) is 3.84. The highest BCUT2D eigenvalue weighted by molar-refractivity contribution is 5.89. The molecule has 1 aromatic carbocycles. The zero-order chi connectivity index (χ0) is 12.1. The molecule has 5 nitrogen and oxygen atoms in total. The Hall–Kier alpha value is -1.88. The Balaban J connectivity index is 2.36. The van der Waals surface area contributed by atoms with E-state index < -0.39 is 0 Å². The van der Waals surface area contributed by atoms with Gasteiger partial charge in [-0.2, -0.15) is 4.98 Å². The number of hydrazine groups is 1. The Morgan fingerprint density at radius 3 is 2.82 bits per heavy atom. The standard InChI is InChI=1S/C12H17N5/c1-2-3-8-14-11-9-6-4-5-7-10(9)15-12(16-11)17-13/h4-7H,2-3,8,13H2,1H3,(H2,14,15,16,17). The molecule has 0 aliphatic heterocycles. The van der Waals surface area contributed by atoms with Crippen molar-refractivity contribution in [3.05, 3.63) is 24.3 Å². The van der Waals surface area contributed by atoms with Crippen molar-refractivity contribution in [2.24, 2.45) is 5.84 Å². The molecular formula is C12H17N5. The predicted molar refractivity (Wildman–Crippen MR) is 70.7 cm³/mol. The average molecular weight is 231 g/mol. The fourth-order valence-electron chi connectivity index (χ4n) is 1.66. The topological polar surface area (TPSA) is 75.9 Å². The number of nitrogen functional groups attached to an aromatic ring is 1. The fraction of sp³-hybridized carbons (Fsp3) is 0.333. The Bertz CT molecular complexity index is 497. The lowest BCUT2D eigenvalue weighted by molar-refractivity contribution is 0.831. The van der Waals surface area contributed by atoms with Crippen LogP contribution in [0, 0.1) is 0 Å². The molecule has 0 fully saturated rings. The number of nitrogens with two attached hydrogens (primary N) is 1. The van der Waals surface area contributed by atoms with Gasteiger partial charge in [0.15, 0.2) is 0 Å². The van der Waals surface area contributed by atoms with Gasteiger partial charge < -0.3 is 5.32 Å². The van der Waals surface area contributed by atoms with E-state index in [1.807, 2.05) is 24.3 Å². The van der Waals surface area contributed by atoms with Gasteiger partial charge in [0.2, 0.25) is 5.95 Å². The molecule has 2 rings (SSSR count). The molecule has 17 heavy (non-hydrogen) atoms. The van der Waals surface area contributed by atoms with E-state index in [1.54, 1.807) is 0 Å². The lowest BCUT2D eigenvalue weighted by Crippen LogP contribution is -2.12. The normalized spacial score (nSPS) is 10.5. The molecule has 0 spiro atoms. The van der Waals surface area contributed by atoms with Crippen molar-refractivity contribution < 1.29 is 0 Å². The van der Waals surface area contributed by atoms with Gasteiger partial charge in [0.1, 0.15) is 5.82 Å². The van der Waals surface area contributed by atoms with Crippen molar-refractivity contribution in [2.75, 3.05) is 17.3 Å². The molecule has 0 unspecified atom stereocenters. The first-order chi connectivity index (χ1) is 8.35. The Kier molecular flexibility index (Phi) is 3.72. The van der Waals surface area contributed by atoms with Crippen LogP contribution in [-0.4, -0.2) is 16.5 Å². The van der Waals surface area contributed by atoms with Crippen molar-refractivity contribution in [2.45, 2.75) is 19.8 Å². The third-order valence-corrected chi connectivity index (χ3v) is 2.56. The number of nitrogens with one attached hydrogen (secondary N) is 2. The first kappa shape index (κ1) is 11.6. The third-order valence-electron chi connectivity index (χ3n) is 2.56. The van der Waals surface area contributed by atoms with Gasteiger partial charge in [-0.1, -0.05) is 25.5 Å². The number of fused-ring (bicyclic) bond motifs is 1. The minimum Gasteiger partial charge on any atom is -0.369 e. The minimum atomic E-state index is 0.433. The van der Waals surface area contributed by atoms with E-state index >= 15 is 0 Å². The van der Waals surface area contributed by atoms with E-state index in [9.17, 15) is 0 Å². The van der Waals surface area contributed by atoms with Gasteiger partial charge in [-0.25, -0.2) is 10.8 Å². The zero-order valence-electron chi connectivity index (χ0n) is 9.90. The summed E-state index contributed by atoms with van der Waals surface area (Å²) in [7, 11) is 0. The van der Waals surface area contributed by atoms with Gasteiger partial charge in [-0.05, 0) is 18.6 Å². The van der Waals surface area contributed by atoms with E-state index in [1.165, 1.54) is 0 Å². The molecule has 4 N–H and O–H groups in total. The molecule has 5 heteroatoms. The van der Waals surface area contributed by atoms with Crippen LogP contribution in [0.2, 0.25) is 0 Å². The lowest BCUT2D eigenvalue weighted by atomic mass is 10.2. The van der Waals surface area contributed by atoms with E-state index in [4.69, 9.17) is 5.84 Å². The summed E-state index contributed by atoms with van der Waals surface area (Å²) < 4.78 is 0. The number of aromatic nitrogens is 2. The molecule has 0 saturated carbocycles. The summed E-state index contributed by atoms with van der Waals surface area (Å²) in [4.78, 5) is 8.63. The smallest absolute Gasteiger partial charge is 0.239 e. The van der Waals surface area contributed by atoms with Crippen molar-refractivity contribution >= 4 is 22.7 Å². The first-order valence-electron chi connectivity index (χ1n) is 5.82. The summed E-state index contributed by atoms with van der Waals surface area (Å²) >= 11 is 0. The maximum absolute atomic E-state index is 5.36. The van der Waals surface area contributed by atoms with Gasteiger partial charge in [0.05, 0.1) is 5.52 Å². The largest absolute Gasteiger partial charge is 0.369 e. The number of para-hydroxylation sites is 1. The average Bonchev–Trinajstić information content (AvgIpc) is 2.38. The molecule has 2 aromatic rings. The molecule has 0 bridgehead atoms. The molecule has 1 aromatic heterocycles. The summed E-state index contributed by atoms with van der Waals surface area (Å²) in [5.41, 5.74) is 3.37. The molecule has 90 valence electrons. The zero-order valence-corrected chi connectivity index (χ0v) is 9.90. The van der Waals surface area contributed by atoms with Crippen LogP contribution in [0.5, 0.6) is 0 Å². The fourth-order valence-corrected chi connectivity index (χ4v) is 1.66. The first-order valence-corrected chi connectivity index (χ1v) is 5.82. The number of rotatable bonds is 5. The summed E-state index contributed by atoms with van der Waals surface area (Å²) in [6, 6.07) is 7.88. The lowest BCUT2D eigenvalue weighted by Gasteiger charge is -2.09. The number of hydrogen-bond donors (Lipinski definition) is 3. The van der Waals surface area contributed by atoms with Crippen LogP contribution < -0.4 is 16.6 Å². The maximum Gasteiger partial charge on any atom is 0.239 e. The monoisotopic (exact) mass is 231 g/mol. The molecule has 0 amide bonds. The van der Waals surface area contributed by atoms with Crippen LogP contribution in [0.4, 0.5) is 11.8 Å². The van der Waals surface area contributed by atoms with Crippen LogP contribution in [0.15, 0.2) is 24.3 Å². The van der Waals surface area contributed by atoms with E-state index in [-0.39, 0.29) is 0 Å². The molecular weight excluding hydrogens is 214 g/mol. The number of nitrogens with zero attached hydrogens (tertiary/aromatic N) is 2. The SMILES string of the molecule is CCCCNc1nc(NN)nc2ccccc12.